The lowest BCUT2D eigenvalue weighted by Crippen LogP contribution is -2.32. The van der Waals surface area contributed by atoms with Crippen molar-refractivity contribution < 1.29 is 9.47 Å². The highest BCUT2D eigenvalue weighted by molar-refractivity contribution is 4.81. The van der Waals surface area contributed by atoms with Crippen molar-refractivity contribution in [3.8, 4) is 0 Å². The molecule has 0 amide bonds. The van der Waals surface area contributed by atoms with Crippen LogP contribution in [-0.4, -0.2) is 45.0 Å². The highest BCUT2D eigenvalue weighted by Gasteiger charge is 2.11. The average Bonchev–Trinajstić information content (AvgIpc) is 2.83. The van der Waals surface area contributed by atoms with Crippen LogP contribution in [0.4, 0.5) is 0 Å². The third-order valence-electron chi connectivity index (χ3n) is 6.69. The van der Waals surface area contributed by atoms with E-state index in [9.17, 15) is 0 Å². The summed E-state index contributed by atoms with van der Waals surface area (Å²) in [6.07, 6.45) is 32.8. The molecule has 0 aliphatic carbocycles. The van der Waals surface area contributed by atoms with Gasteiger partial charge in [-0.2, -0.15) is 0 Å². The summed E-state index contributed by atoms with van der Waals surface area (Å²) in [7, 11) is 4.22. The minimum Gasteiger partial charge on any atom is -0.381 e. The van der Waals surface area contributed by atoms with Crippen LogP contribution in [-0.2, 0) is 9.47 Å². The van der Waals surface area contributed by atoms with Crippen molar-refractivity contribution in [1.29, 1.82) is 0 Å². The third kappa shape index (κ3) is 26.2. The summed E-state index contributed by atoms with van der Waals surface area (Å²) in [6, 6.07) is 0. The van der Waals surface area contributed by atoms with E-state index in [2.05, 4.69) is 45.0 Å². The minimum absolute atomic E-state index is 0.188. The van der Waals surface area contributed by atoms with Crippen molar-refractivity contribution in [2.24, 2.45) is 0 Å². The number of allylic oxidation sites excluding steroid dienone is 2. The Morgan fingerprint density at radius 3 is 1.47 bits per heavy atom. The Bertz CT molecular complexity index is 397. The molecule has 0 aliphatic heterocycles. The molecular formula is C31H63NO2. The predicted molar refractivity (Wildman–Crippen MR) is 152 cm³/mol. The van der Waals surface area contributed by atoms with Gasteiger partial charge >= 0.3 is 0 Å². The Hall–Kier alpha value is -0.380. The van der Waals surface area contributed by atoms with E-state index in [4.69, 9.17) is 9.47 Å². The van der Waals surface area contributed by atoms with E-state index >= 15 is 0 Å². The normalized spacial score (nSPS) is 12.9. The number of hydrogen-bond donors (Lipinski definition) is 0. The van der Waals surface area contributed by atoms with Gasteiger partial charge in [0.15, 0.2) is 0 Å². The summed E-state index contributed by atoms with van der Waals surface area (Å²) < 4.78 is 12.0. The molecule has 0 radical (unpaired) electrons. The van der Waals surface area contributed by atoms with Gasteiger partial charge in [-0.15, -0.1) is 0 Å². The Labute approximate surface area is 215 Å². The van der Waals surface area contributed by atoms with E-state index in [1.807, 2.05) is 0 Å². The van der Waals surface area contributed by atoms with Crippen LogP contribution >= 0.6 is 0 Å². The second-order valence-corrected chi connectivity index (χ2v) is 10.4. The second kappa shape index (κ2) is 28.9. The van der Waals surface area contributed by atoms with E-state index in [0.29, 0.717) is 0 Å². The zero-order valence-corrected chi connectivity index (χ0v) is 24.0. The molecule has 0 aromatic heterocycles. The summed E-state index contributed by atoms with van der Waals surface area (Å²) in [4.78, 5) is 2.19. The Balaban J connectivity index is 3.42. The molecule has 204 valence electrons. The largest absolute Gasteiger partial charge is 0.381 e. The maximum atomic E-state index is 6.13. The zero-order chi connectivity index (χ0) is 25.0. The lowest BCUT2D eigenvalue weighted by Gasteiger charge is -2.24. The first-order chi connectivity index (χ1) is 16.7. The van der Waals surface area contributed by atoms with E-state index in [-0.39, 0.29) is 6.23 Å². The van der Waals surface area contributed by atoms with Gasteiger partial charge in [0.2, 0.25) is 0 Å². The van der Waals surface area contributed by atoms with Gasteiger partial charge in [0, 0.05) is 19.6 Å². The SMILES string of the molecule is CCCCCCCC/C=C\CCCCCCCCOC(CCOCCCCCCCC)N(C)C. The summed E-state index contributed by atoms with van der Waals surface area (Å²) in [6.45, 7) is 7.15. The van der Waals surface area contributed by atoms with Gasteiger partial charge in [-0.1, -0.05) is 116 Å². The number of hydrogen-bond acceptors (Lipinski definition) is 3. The topological polar surface area (TPSA) is 21.7 Å². The number of rotatable bonds is 28. The quantitative estimate of drug-likeness (QED) is 0.0630. The first kappa shape index (κ1) is 33.6. The van der Waals surface area contributed by atoms with Crippen molar-refractivity contribution in [2.75, 3.05) is 33.9 Å². The van der Waals surface area contributed by atoms with Crippen molar-refractivity contribution >= 4 is 0 Å². The maximum Gasteiger partial charge on any atom is 0.112 e. The molecule has 0 rings (SSSR count). The lowest BCUT2D eigenvalue weighted by atomic mass is 10.1. The van der Waals surface area contributed by atoms with E-state index < -0.39 is 0 Å². The molecule has 0 saturated carbocycles. The first-order valence-electron chi connectivity index (χ1n) is 15.2. The van der Waals surface area contributed by atoms with Crippen LogP contribution < -0.4 is 0 Å². The van der Waals surface area contributed by atoms with Crippen LogP contribution in [0, 0.1) is 0 Å². The van der Waals surface area contributed by atoms with Crippen molar-refractivity contribution in [3.05, 3.63) is 12.2 Å². The van der Waals surface area contributed by atoms with E-state index in [0.717, 1.165) is 26.2 Å². The molecule has 0 fully saturated rings. The highest BCUT2D eigenvalue weighted by Crippen LogP contribution is 2.11. The molecule has 1 unspecified atom stereocenters. The first-order valence-corrected chi connectivity index (χ1v) is 15.2. The summed E-state index contributed by atoms with van der Waals surface area (Å²) in [5.41, 5.74) is 0. The van der Waals surface area contributed by atoms with Gasteiger partial charge in [-0.05, 0) is 52.6 Å². The van der Waals surface area contributed by atoms with E-state index in [1.165, 1.54) is 128 Å². The Kier molecular flexibility index (Phi) is 28.5. The molecule has 0 bridgehead atoms. The minimum atomic E-state index is 0.188. The fourth-order valence-corrected chi connectivity index (χ4v) is 4.33. The molecule has 0 aromatic rings. The van der Waals surface area contributed by atoms with Crippen LogP contribution in [0.5, 0.6) is 0 Å². The third-order valence-corrected chi connectivity index (χ3v) is 6.69. The fourth-order valence-electron chi connectivity index (χ4n) is 4.33. The molecule has 1 atom stereocenters. The molecule has 3 heteroatoms. The molecular weight excluding hydrogens is 418 g/mol. The Morgan fingerprint density at radius 2 is 0.971 bits per heavy atom. The molecule has 0 heterocycles. The molecule has 3 nitrogen and oxygen atoms in total. The van der Waals surface area contributed by atoms with Crippen LogP contribution in [0.2, 0.25) is 0 Å². The van der Waals surface area contributed by atoms with Gasteiger partial charge in [0.1, 0.15) is 6.23 Å². The molecule has 0 saturated heterocycles. The van der Waals surface area contributed by atoms with Gasteiger partial charge < -0.3 is 9.47 Å². The number of unbranched alkanes of at least 4 members (excludes halogenated alkanes) is 17. The molecule has 0 spiro atoms. The lowest BCUT2D eigenvalue weighted by molar-refractivity contribution is -0.0560. The zero-order valence-electron chi connectivity index (χ0n) is 24.0. The molecule has 0 aromatic carbocycles. The van der Waals surface area contributed by atoms with Crippen LogP contribution in [0.15, 0.2) is 12.2 Å². The van der Waals surface area contributed by atoms with Gasteiger partial charge in [-0.3, -0.25) is 4.90 Å². The highest BCUT2D eigenvalue weighted by atomic mass is 16.5. The monoisotopic (exact) mass is 481 g/mol. The molecule has 34 heavy (non-hydrogen) atoms. The van der Waals surface area contributed by atoms with Crippen molar-refractivity contribution in [2.45, 2.75) is 155 Å². The Morgan fingerprint density at radius 1 is 0.529 bits per heavy atom. The standard InChI is InChI=1S/C31H63NO2/c1-5-7-9-11-13-14-15-16-17-18-19-20-21-22-24-26-29-34-31(32(3)4)27-30-33-28-25-23-12-10-8-6-2/h16-17,31H,5-15,18-30H2,1-4H3/b17-16-. The summed E-state index contributed by atoms with van der Waals surface area (Å²) in [5, 5.41) is 0. The molecule has 0 aliphatic rings. The maximum absolute atomic E-state index is 6.13. The van der Waals surface area contributed by atoms with Crippen molar-refractivity contribution in [1.82, 2.24) is 4.90 Å². The number of nitrogens with zero attached hydrogens (tertiary/aromatic N) is 1. The average molecular weight is 482 g/mol. The van der Waals surface area contributed by atoms with Crippen LogP contribution in [0.1, 0.15) is 149 Å². The van der Waals surface area contributed by atoms with Crippen LogP contribution in [0.25, 0.3) is 0 Å². The number of ether oxygens (including phenoxy) is 2. The fraction of sp³-hybridized carbons (Fsp3) is 0.935. The summed E-state index contributed by atoms with van der Waals surface area (Å²) >= 11 is 0. The molecule has 0 N–H and O–H groups in total. The second-order valence-electron chi connectivity index (χ2n) is 10.4. The van der Waals surface area contributed by atoms with Gasteiger partial charge in [0.05, 0.1) is 6.61 Å². The van der Waals surface area contributed by atoms with Crippen molar-refractivity contribution in [3.63, 3.8) is 0 Å². The predicted octanol–water partition coefficient (Wildman–Crippen LogP) is 9.70. The smallest absolute Gasteiger partial charge is 0.112 e. The van der Waals surface area contributed by atoms with Gasteiger partial charge in [-0.25, -0.2) is 0 Å². The van der Waals surface area contributed by atoms with Crippen LogP contribution in [0.3, 0.4) is 0 Å². The van der Waals surface area contributed by atoms with Gasteiger partial charge in [0.25, 0.3) is 0 Å². The van der Waals surface area contributed by atoms with E-state index in [1.54, 1.807) is 0 Å². The summed E-state index contributed by atoms with van der Waals surface area (Å²) in [5.74, 6) is 0.